The molecular weight excluding hydrogens is 275 g/mol. The number of aryl methyl sites for hydroxylation is 1. The number of hydrogen-bond donors (Lipinski definition) is 1. The van der Waals surface area contributed by atoms with Crippen molar-refractivity contribution < 1.29 is 27.9 Å². The highest BCUT2D eigenvalue weighted by Crippen LogP contribution is 2.26. The SMILES string of the molecule is O/N=C1/CCCc2ccc(OCCOC(F)(F)F)cc21. The van der Waals surface area contributed by atoms with Crippen LogP contribution < -0.4 is 4.74 Å². The molecule has 1 aromatic rings. The molecule has 1 aromatic carbocycles. The van der Waals surface area contributed by atoms with Gasteiger partial charge in [0.2, 0.25) is 0 Å². The lowest BCUT2D eigenvalue weighted by Gasteiger charge is -2.18. The van der Waals surface area contributed by atoms with Gasteiger partial charge in [0.25, 0.3) is 0 Å². The van der Waals surface area contributed by atoms with Crippen LogP contribution in [0.3, 0.4) is 0 Å². The molecule has 0 heterocycles. The molecule has 0 radical (unpaired) electrons. The van der Waals surface area contributed by atoms with E-state index in [1.807, 2.05) is 6.07 Å². The third kappa shape index (κ3) is 3.86. The third-order valence-corrected chi connectivity index (χ3v) is 2.99. The van der Waals surface area contributed by atoms with Gasteiger partial charge in [0, 0.05) is 5.56 Å². The van der Waals surface area contributed by atoms with Gasteiger partial charge in [0.05, 0.1) is 12.3 Å². The molecule has 2 rings (SSSR count). The number of fused-ring (bicyclic) bond motifs is 1. The molecule has 0 aromatic heterocycles. The number of halogens is 3. The Morgan fingerprint density at radius 1 is 1.20 bits per heavy atom. The van der Waals surface area contributed by atoms with Crippen LogP contribution in [0.25, 0.3) is 0 Å². The molecule has 1 aliphatic carbocycles. The normalized spacial score (nSPS) is 17.1. The zero-order chi connectivity index (χ0) is 14.6. The van der Waals surface area contributed by atoms with Gasteiger partial charge in [-0.05, 0) is 37.0 Å². The zero-order valence-corrected chi connectivity index (χ0v) is 10.6. The molecule has 0 spiro atoms. The lowest BCUT2D eigenvalue weighted by Crippen LogP contribution is -2.18. The average molecular weight is 289 g/mol. The van der Waals surface area contributed by atoms with Crippen molar-refractivity contribution in [3.05, 3.63) is 29.3 Å². The molecular formula is C13H14F3NO3. The van der Waals surface area contributed by atoms with Gasteiger partial charge in [-0.3, -0.25) is 4.74 Å². The Morgan fingerprint density at radius 3 is 2.70 bits per heavy atom. The molecule has 0 aliphatic heterocycles. The van der Waals surface area contributed by atoms with E-state index in [1.165, 1.54) is 0 Å². The lowest BCUT2D eigenvalue weighted by atomic mass is 9.90. The molecule has 1 aliphatic rings. The van der Waals surface area contributed by atoms with E-state index in [0.29, 0.717) is 17.9 Å². The van der Waals surface area contributed by atoms with E-state index in [0.717, 1.165) is 24.0 Å². The van der Waals surface area contributed by atoms with E-state index in [2.05, 4.69) is 9.89 Å². The van der Waals surface area contributed by atoms with Gasteiger partial charge in [-0.15, -0.1) is 13.2 Å². The van der Waals surface area contributed by atoms with Crippen molar-refractivity contribution in [2.24, 2.45) is 5.16 Å². The van der Waals surface area contributed by atoms with Crippen molar-refractivity contribution in [2.75, 3.05) is 13.2 Å². The fraction of sp³-hybridized carbons (Fsp3) is 0.462. The van der Waals surface area contributed by atoms with E-state index in [1.54, 1.807) is 12.1 Å². The fourth-order valence-electron chi connectivity index (χ4n) is 2.13. The van der Waals surface area contributed by atoms with Crippen molar-refractivity contribution >= 4 is 5.71 Å². The summed E-state index contributed by atoms with van der Waals surface area (Å²) in [4.78, 5) is 0. The highest BCUT2D eigenvalue weighted by atomic mass is 19.4. The average Bonchev–Trinajstić information content (AvgIpc) is 2.41. The van der Waals surface area contributed by atoms with Crippen LogP contribution in [0.4, 0.5) is 13.2 Å². The lowest BCUT2D eigenvalue weighted by molar-refractivity contribution is -0.325. The summed E-state index contributed by atoms with van der Waals surface area (Å²) in [6.07, 6.45) is -2.18. The summed E-state index contributed by atoms with van der Waals surface area (Å²) in [7, 11) is 0. The molecule has 0 fully saturated rings. The van der Waals surface area contributed by atoms with Gasteiger partial charge >= 0.3 is 6.36 Å². The Hall–Kier alpha value is -1.76. The number of hydrogen-bond acceptors (Lipinski definition) is 4. The van der Waals surface area contributed by atoms with Crippen molar-refractivity contribution in [3.8, 4) is 5.75 Å². The van der Waals surface area contributed by atoms with Crippen molar-refractivity contribution in [1.82, 2.24) is 0 Å². The summed E-state index contributed by atoms with van der Waals surface area (Å²) in [5, 5.41) is 12.2. The first-order valence-electron chi connectivity index (χ1n) is 6.17. The third-order valence-electron chi connectivity index (χ3n) is 2.99. The summed E-state index contributed by atoms with van der Waals surface area (Å²) >= 11 is 0. The maximum absolute atomic E-state index is 11.8. The number of nitrogens with zero attached hydrogens (tertiary/aromatic N) is 1. The van der Waals surface area contributed by atoms with E-state index in [9.17, 15) is 13.2 Å². The predicted octanol–water partition coefficient (Wildman–Crippen LogP) is 3.12. The molecule has 0 saturated carbocycles. The van der Waals surface area contributed by atoms with E-state index >= 15 is 0 Å². The number of ether oxygens (including phenoxy) is 2. The highest BCUT2D eigenvalue weighted by molar-refractivity contribution is 6.02. The molecule has 7 heteroatoms. The fourth-order valence-corrected chi connectivity index (χ4v) is 2.13. The largest absolute Gasteiger partial charge is 0.522 e. The van der Waals surface area contributed by atoms with Crippen LogP contribution in [-0.2, 0) is 11.2 Å². The maximum atomic E-state index is 11.8. The van der Waals surface area contributed by atoms with Gasteiger partial charge in [0.15, 0.2) is 0 Å². The van der Waals surface area contributed by atoms with Crippen LogP contribution in [-0.4, -0.2) is 30.5 Å². The van der Waals surface area contributed by atoms with Crippen LogP contribution in [0.5, 0.6) is 5.75 Å². The summed E-state index contributed by atoms with van der Waals surface area (Å²) in [5.74, 6) is 0.428. The maximum Gasteiger partial charge on any atom is 0.522 e. The molecule has 0 saturated heterocycles. The van der Waals surface area contributed by atoms with Gasteiger partial charge in [-0.25, -0.2) is 0 Å². The van der Waals surface area contributed by atoms with Gasteiger partial charge < -0.3 is 9.94 Å². The quantitative estimate of drug-likeness (QED) is 0.526. The van der Waals surface area contributed by atoms with Crippen molar-refractivity contribution in [1.29, 1.82) is 0 Å². The topological polar surface area (TPSA) is 51.1 Å². The minimum Gasteiger partial charge on any atom is -0.491 e. The predicted molar refractivity (Wildman–Crippen MR) is 65.2 cm³/mol. The molecule has 0 atom stereocenters. The Bertz CT molecular complexity index is 500. The minimum absolute atomic E-state index is 0.204. The summed E-state index contributed by atoms with van der Waals surface area (Å²) in [5.41, 5.74) is 2.40. The van der Waals surface area contributed by atoms with E-state index in [4.69, 9.17) is 9.94 Å². The Kier molecular flexibility index (Phi) is 4.49. The van der Waals surface area contributed by atoms with Crippen LogP contribution in [0.15, 0.2) is 23.4 Å². The van der Waals surface area contributed by atoms with E-state index < -0.39 is 13.0 Å². The number of oxime groups is 1. The van der Waals surface area contributed by atoms with Crippen LogP contribution in [0.2, 0.25) is 0 Å². The summed E-state index contributed by atoms with van der Waals surface area (Å²) in [6.45, 7) is -0.772. The zero-order valence-electron chi connectivity index (χ0n) is 10.6. The van der Waals surface area contributed by atoms with Gasteiger partial charge in [-0.2, -0.15) is 0 Å². The Morgan fingerprint density at radius 2 is 2.00 bits per heavy atom. The standard InChI is InChI=1S/C13H14F3NO3/c14-13(15,16)20-7-6-19-10-5-4-9-2-1-3-12(17-18)11(9)8-10/h4-5,8,18H,1-3,6-7H2/b17-12-. The number of alkyl halides is 3. The first-order valence-corrected chi connectivity index (χ1v) is 6.17. The molecule has 110 valence electrons. The molecule has 4 nitrogen and oxygen atoms in total. The molecule has 0 unspecified atom stereocenters. The van der Waals surface area contributed by atoms with Crippen molar-refractivity contribution in [2.45, 2.75) is 25.6 Å². The smallest absolute Gasteiger partial charge is 0.491 e. The van der Waals surface area contributed by atoms with Gasteiger partial charge in [-0.1, -0.05) is 11.2 Å². The van der Waals surface area contributed by atoms with E-state index in [-0.39, 0.29) is 6.61 Å². The molecule has 0 amide bonds. The Labute approximate surface area is 113 Å². The first kappa shape index (κ1) is 14.6. The first-order chi connectivity index (χ1) is 9.49. The summed E-state index contributed by atoms with van der Waals surface area (Å²) in [6, 6.07) is 5.20. The molecule has 0 bridgehead atoms. The van der Waals surface area contributed by atoms with Gasteiger partial charge in [0.1, 0.15) is 12.4 Å². The van der Waals surface area contributed by atoms with Crippen molar-refractivity contribution in [3.63, 3.8) is 0 Å². The Balaban J connectivity index is 1.97. The number of benzene rings is 1. The molecule has 20 heavy (non-hydrogen) atoms. The monoisotopic (exact) mass is 289 g/mol. The number of rotatable bonds is 4. The molecule has 1 N–H and O–H groups in total. The highest BCUT2D eigenvalue weighted by Gasteiger charge is 2.28. The van der Waals surface area contributed by atoms with Crippen LogP contribution >= 0.6 is 0 Å². The second-order valence-corrected chi connectivity index (χ2v) is 4.36. The summed E-state index contributed by atoms with van der Waals surface area (Å²) < 4.78 is 44.2. The van der Waals surface area contributed by atoms with Crippen LogP contribution in [0.1, 0.15) is 24.0 Å². The minimum atomic E-state index is -4.64. The second kappa shape index (κ2) is 6.13. The second-order valence-electron chi connectivity index (χ2n) is 4.36. The van der Waals surface area contributed by atoms with Crippen LogP contribution in [0, 0.1) is 0 Å².